The molecule has 6 heteroatoms. The molecule has 22 heavy (non-hydrogen) atoms. The van der Waals surface area contributed by atoms with Crippen molar-refractivity contribution in [2.24, 2.45) is 0 Å². The fourth-order valence-electron chi connectivity index (χ4n) is 1.89. The van der Waals surface area contributed by atoms with Crippen molar-refractivity contribution in [3.63, 3.8) is 0 Å². The highest BCUT2D eigenvalue weighted by Crippen LogP contribution is 2.22. The summed E-state index contributed by atoms with van der Waals surface area (Å²) in [5.41, 5.74) is 2.23. The Kier molecular flexibility index (Phi) is 5.72. The Morgan fingerprint density at radius 1 is 1.23 bits per heavy atom. The molecule has 0 atom stereocenters. The smallest absolute Gasteiger partial charge is 0.271 e. The van der Waals surface area contributed by atoms with Gasteiger partial charge in [0.25, 0.3) is 5.91 Å². The van der Waals surface area contributed by atoms with Gasteiger partial charge < -0.3 is 10.6 Å². The van der Waals surface area contributed by atoms with Gasteiger partial charge in [0.15, 0.2) is 11.5 Å². The van der Waals surface area contributed by atoms with Crippen molar-refractivity contribution in [3.05, 3.63) is 46.6 Å². The Morgan fingerprint density at radius 3 is 2.68 bits per heavy atom. The monoisotopic (exact) mass is 318 g/mol. The van der Waals surface area contributed by atoms with Crippen molar-refractivity contribution >= 4 is 29.0 Å². The summed E-state index contributed by atoms with van der Waals surface area (Å²) in [4.78, 5) is 11.8. The summed E-state index contributed by atoms with van der Waals surface area (Å²) in [6, 6.07) is 8.94. The lowest BCUT2D eigenvalue weighted by Gasteiger charge is -2.09. The summed E-state index contributed by atoms with van der Waals surface area (Å²) in [6.45, 7) is 4.68. The van der Waals surface area contributed by atoms with Crippen LogP contribution in [-0.4, -0.2) is 22.6 Å². The molecular weight excluding hydrogens is 300 g/mol. The number of halogens is 1. The third kappa shape index (κ3) is 4.43. The van der Waals surface area contributed by atoms with Crippen molar-refractivity contribution in [3.8, 4) is 0 Å². The molecule has 1 heterocycles. The molecule has 0 aliphatic carbocycles. The van der Waals surface area contributed by atoms with Gasteiger partial charge in [-0.05, 0) is 49.2 Å². The maximum Gasteiger partial charge on any atom is 0.271 e. The van der Waals surface area contributed by atoms with E-state index in [1.54, 1.807) is 18.2 Å². The second kappa shape index (κ2) is 7.75. The summed E-state index contributed by atoms with van der Waals surface area (Å²) in [7, 11) is 0. The summed E-state index contributed by atoms with van der Waals surface area (Å²) in [5.74, 6) is 0.380. The van der Waals surface area contributed by atoms with Crippen molar-refractivity contribution in [1.82, 2.24) is 15.5 Å². The Bertz CT molecular complexity index is 643. The van der Waals surface area contributed by atoms with E-state index in [4.69, 9.17) is 11.6 Å². The molecule has 116 valence electrons. The zero-order chi connectivity index (χ0) is 15.9. The molecule has 0 bridgehead atoms. The number of aromatic nitrogens is 2. The normalized spacial score (nSPS) is 10.3. The molecule has 2 aromatic rings. The summed E-state index contributed by atoms with van der Waals surface area (Å²) in [5, 5.41) is 14.6. The van der Waals surface area contributed by atoms with Crippen LogP contribution in [0.5, 0.6) is 0 Å². The summed E-state index contributed by atoms with van der Waals surface area (Å²) in [6.07, 6.45) is 1.99. The highest BCUT2D eigenvalue weighted by atomic mass is 35.5. The van der Waals surface area contributed by atoms with Gasteiger partial charge in [-0.1, -0.05) is 24.9 Å². The summed E-state index contributed by atoms with van der Waals surface area (Å²) < 4.78 is 0. The average Bonchev–Trinajstić information content (AvgIpc) is 2.51. The van der Waals surface area contributed by atoms with E-state index < -0.39 is 0 Å². The third-order valence-electron chi connectivity index (χ3n) is 3.16. The van der Waals surface area contributed by atoms with Crippen LogP contribution in [0.25, 0.3) is 0 Å². The van der Waals surface area contributed by atoms with Gasteiger partial charge in [-0.25, -0.2) is 0 Å². The van der Waals surface area contributed by atoms with Gasteiger partial charge in [-0.3, -0.25) is 4.79 Å². The van der Waals surface area contributed by atoms with Gasteiger partial charge in [0.05, 0.1) is 0 Å². The second-order valence-electron chi connectivity index (χ2n) is 5.00. The number of unbranched alkanes of at least 4 members (excludes halogenated alkanes) is 1. The fourth-order valence-corrected chi connectivity index (χ4v) is 2.12. The van der Waals surface area contributed by atoms with E-state index in [1.807, 2.05) is 19.1 Å². The molecule has 0 aliphatic rings. The highest BCUT2D eigenvalue weighted by Gasteiger charge is 2.08. The van der Waals surface area contributed by atoms with Crippen LogP contribution in [0, 0.1) is 6.92 Å². The Balaban J connectivity index is 2.01. The minimum atomic E-state index is -0.199. The number of hydrogen-bond donors (Lipinski definition) is 2. The van der Waals surface area contributed by atoms with Crippen LogP contribution in [0.3, 0.4) is 0 Å². The molecule has 0 unspecified atom stereocenters. The lowest BCUT2D eigenvalue weighted by atomic mass is 10.2. The quantitative estimate of drug-likeness (QED) is 0.797. The standard InChI is InChI=1S/C16H19ClN4O/c1-3-4-9-18-16(22)14-7-8-15(21-20-14)19-13-6-5-12(17)10-11(13)2/h5-8,10H,3-4,9H2,1-2H3,(H,18,22)(H,19,21). The molecule has 1 aromatic carbocycles. The number of carbonyl (C=O) groups is 1. The molecule has 0 fully saturated rings. The van der Waals surface area contributed by atoms with Crippen LogP contribution >= 0.6 is 11.6 Å². The van der Waals surface area contributed by atoms with E-state index in [1.165, 1.54) is 0 Å². The first-order chi connectivity index (χ1) is 10.6. The second-order valence-corrected chi connectivity index (χ2v) is 5.43. The van der Waals surface area contributed by atoms with Crippen LogP contribution < -0.4 is 10.6 Å². The first-order valence-corrected chi connectivity index (χ1v) is 7.63. The number of aryl methyl sites for hydroxylation is 1. The van der Waals surface area contributed by atoms with Gasteiger partial charge in [-0.2, -0.15) is 0 Å². The average molecular weight is 319 g/mol. The third-order valence-corrected chi connectivity index (χ3v) is 3.40. The molecule has 0 aliphatic heterocycles. The van der Waals surface area contributed by atoms with Crippen molar-refractivity contribution < 1.29 is 4.79 Å². The minimum Gasteiger partial charge on any atom is -0.351 e. The van der Waals surface area contributed by atoms with Crippen LogP contribution in [0.15, 0.2) is 30.3 Å². The first kappa shape index (κ1) is 16.2. The molecule has 0 saturated heterocycles. The van der Waals surface area contributed by atoms with Gasteiger partial charge in [0.1, 0.15) is 0 Å². The maximum absolute atomic E-state index is 11.8. The van der Waals surface area contributed by atoms with Gasteiger partial charge >= 0.3 is 0 Å². The first-order valence-electron chi connectivity index (χ1n) is 7.25. The number of carbonyl (C=O) groups excluding carboxylic acids is 1. The van der Waals surface area contributed by atoms with Crippen LogP contribution in [0.1, 0.15) is 35.8 Å². The van der Waals surface area contributed by atoms with E-state index in [2.05, 4.69) is 27.8 Å². The van der Waals surface area contributed by atoms with Gasteiger partial charge in [-0.15, -0.1) is 10.2 Å². The molecule has 1 aromatic heterocycles. The topological polar surface area (TPSA) is 66.9 Å². The van der Waals surface area contributed by atoms with E-state index >= 15 is 0 Å². The van der Waals surface area contributed by atoms with Gasteiger partial charge in [0, 0.05) is 17.3 Å². The van der Waals surface area contributed by atoms with E-state index in [-0.39, 0.29) is 5.91 Å². The lowest BCUT2D eigenvalue weighted by Crippen LogP contribution is -2.25. The molecule has 2 N–H and O–H groups in total. The molecule has 0 spiro atoms. The number of benzene rings is 1. The Labute approximate surface area is 135 Å². The van der Waals surface area contributed by atoms with E-state index in [0.29, 0.717) is 23.1 Å². The largest absolute Gasteiger partial charge is 0.351 e. The van der Waals surface area contributed by atoms with Crippen LogP contribution in [-0.2, 0) is 0 Å². The van der Waals surface area contributed by atoms with Crippen LogP contribution in [0.2, 0.25) is 5.02 Å². The zero-order valence-electron chi connectivity index (χ0n) is 12.7. The predicted octanol–water partition coefficient (Wildman–Crippen LogP) is 3.71. The molecular formula is C16H19ClN4O. The maximum atomic E-state index is 11.8. The highest BCUT2D eigenvalue weighted by molar-refractivity contribution is 6.30. The Morgan fingerprint density at radius 2 is 2.05 bits per heavy atom. The number of rotatable bonds is 6. The van der Waals surface area contributed by atoms with Crippen molar-refractivity contribution in [2.75, 3.05) is 11.9 Å². The SMILES string of the molecule is CCCCNC(=O)c1ccc(Nc2ccc(Cl)cc2C)nn1. The predicted molar refractivity (Wildman–Crippen MR) is 88.7 cm³/mol. The molecule has 2 rings (SSSR count). The van der Waals surface area contributed by atoms with E-state index in [9.17, 15) is 4.79 Å². The van der Waals surface area contributed by atoms with Gasteiger partial charge in [0.2, 0.25) is 0 Å². The van der Waals surface area contributed by atoms with E-state index in [0.717, 1.165) is 24.1 Å². The number of hydrogen-bond acceptors (Lipinski definition) is 4. The zero-order valence-corrected chi connectivity index (χ0v) is 13.4. The number of nitrogens with zero attached hydrogens (tertiary/aromatic N) is 2. The molecule has 1 amide bonds. The number of anilines is 2. The molecule has 5 nitrogen and oxygen atoms in total. The lowest BCUT2D eigenvalue weighted by molar-refractivity contribution is 0.0947. The number of nitrogens with one attached hydrogen (secondary N) is 2. The number of amides is 1. The molecule has 0 saturated carbocycles. The fraction of sp³-hybridized carbons (Fsp3) is 0.312. The van der Waals surface area contributed by atoms with Crippen LogP contribution in [0.4, 0.5) is 11.5 Å². The molecule has 0 radical (unpaired) electrons. The Hall–Kier alpha value is -2.14. The van der Waals surface area contributed by atoms with Crippen molar-refractivity contribution in [1.29, 1.82) is 0 Å². The summed E-state index contributed by atoms with van der Waals surface area (Å²) >= 11 is 5.93. The van der Waals surface area contributed by atoms with Crippen molar-refractivity contribution in [2.45, 2.75) is 26.7 Å². The minimum absolute atomic E-state index is 0.199.